The van der Waals surface area contributed by atoms with Crippen molar-refractivity contribution >= 4 is 50.0 Å². The molecule has 3 aliphatic heterocycles. The summed E-state index contributed by atoms with van der Waals surface area (Å²) in [6.45, 7) is 12.8. The Balaban J connectivity index is 0.782. The van der Waals surface area contributed by atoms with Crippen LogP contribution in [0.1, 0.15) is 131 Å². The lowest BCUT2D eigenvalue weighted by molar-refractivity contribution is -0.144. The number of hydrogen-bond acceptors (Lipinski definition) is 10. The summed E-state index contributed by atoms with van der Waals surface area (Å²) in [7, 11) is 0. The first kappa shape index (κ1) is 45.7. The molecule has 1 aliphatic carbocycles. The van der Waals surface area contributed by atoms with E-state index in [9.17, 15) is 19.5 Å². The van der Waals surface area contributed by atoms with Crippen LogP contribution in [0.2, 0.25) is 0 Å². The van der Waals surface area contributed by atoms with E-state index in [1.165, 1.54) is 22.4 Å². The minimum atomic E-state index is -0.813. The van der Waals surface area contributed by atoms with E-state index in [0.717, 1.165) is 107 Å². The van der Waals surface area contributed by atoms with Crippen LogP contribution in [0.5, 0.6) is 0 Å². The molecule has 10 rings (SSSR count). The fraction of sp³-hybridized carbons (Fsp3) is 0.481. The first-order valence-corrected chi connectivity index (χ1v) is 25.7. The predicted molar refractivity (Wildman–Crippen MR) is 265 cm³/mol. The number of aliphatic hydroxyl groups is 1. The molecule has 67 heavy (non-hydrogen) atoms. The Hall–Kier alpha value is -5.09. The number of rotatable bonds is 10. The Bertz CT molecular complexity index is 2890. The fourth-order valence-corrected chi connectivity index (χ4v) is 12.8. The number of aromatic nitrogens is 6. The summed E-state index contributed by atoms with van der Waals surface area (Å²) in [5, 5.41) is 23.7. The number of carbonyl (C=O) groups excluding carboxylic acids is 2. The smallest absolute Gasteiger partial charge is 0.281 e. The minimum Gasteiger partial charge on any atom is -0.391 e. The van der Waals surface area contributed by atoms with Gasteiger partial charge >= 0.3 is 0 Å². The van der Waals surface area contributed by atoms with Crippen LogP contribution in [0.3, 0.4) is 0 Å². The number of benzene rings is 3. The Morgan fingerprint density at radius 3 is 2.51 bits per heavy atom. The topological polar surface area (TPSA) is 151 Å². The highest BCUT2D eigenvalue weighted by molar-refractivity contribution is 9.10. The van der Waals surface area contributed by atoms with Gasteiger partial charge in [-0.3, -0.25) is 19.0 Å². The Kier molecular flexibility index (Phi) is 12.3. The van der Waals surface area contributed by atoms with Gasteiger partial charge in [0.05, 0.1) is 55.9 Å². The van der Waals surface area contributed by atoms with E-state index >= 15 is 0 Å². The third-order valence-electron chi connectivity index (χ3n) is 15.0. The van der Waals surface area contributed by atoms with Gasteiger partial charge in [-0.2, -0.15) is 4.98 Å². The number of thiazole rings is 1. The number of nitrogens with one attached hydrogen (secondary N) is 1. The minimum absolute atomic E-state index is 0.0754. The van der Waals surface area contributed by atoms with Gasteiger partial charge < -0.3 is 20.2 Å². The Morgan fingerprint density at radius 1 is 1.03 bits per heavy atom. The Morgan fingerprint density at radius 2 is 1.79 bits per heavy atom. The van der Waals surface area contributed by atoms with Crippen molar-refractivity contribution < 1.29 is 14.7 Å². The molecule has 2 N–H and O–H groups in total. The second kappa shape index (κ2) is 18.1. The van der Waals surface area contributed by atoms with Crippen molar-refractivity contribution in [3.8, 4) is 16.1 Å². The van der Waals surface area contributed by atoms with Crippen molar-refractivity contribution in [2.75, 3.05) is 26.2 Å². The molecule has 2 saturated heterocycles. The van der Waals surface area contributed by atoms with Crippen LogP contribution >= 0.6 is 27.3 Å². The van der Waals surface area contributed by atoms with E-state index in [4.69, 9.17) is 4.98 Å². The molecule has 3 aromatic carbocycles. The monoisotopic (exact) mass is 985 g/mol. The second-order valence-electron chi connectivity index (χ2n) is 20.5. The van der Waals surface area contributed by atoms with Gasteiger partial charge in [-0.05, 0) is 120 Å². The van der Waals surface area contributed by atoms with E-state index in [2.05, 4.69) is 70.3 Å². The number of fused-ring (bicyclic) bond motifs is 7. The van der Waals surface area contributed by atoms with Crippen molar-refractivity contribution in [1.29, 1.82) is 0 Å². The summed E-state index contributed by atoms with van der Waals surface area (Å²) < 4.78 is 4.71. The zero-order valence-corrected chi connectivity index (χ0v) is 41.4. The third-order valence-corrected chi connectivity index (χ3v) is 16.7. The van der Waals surface area contributed by atoms with Crippen LogP contribution < -0.4 is 10.9 Å². The standard InChI is InChI=1S/C52H60BrN9O4S/c1-31(33-12-14-35(15-13-33)45-32(2)54-30-67-45)55-47(64)43-27-38(63)29-60(43)49(66)46(51(3,4)5)61-28-37(57-58-61)20-25-59-23-18-34(19-24-59)36-16-17-41-39(26-36)52(21-7-6-8-22-52)50-56-48(65)44-40(53)10-9-11-42(44)62(41)50/h9-17,26,28,30-31,34,38,43,46,63H,6-8,18-25,27,29H2,1-5H3,(H,55,64)/t31-,38+,43-,46+/m0/s1. The van der Waals surface area contributed by atoms with E-state index in [0.29, 0.717) is 17.7 Å². The lowest BCUT2D eigenvalue weighted by Crippen LogP contribution is -2.50. The molecule has 0 bridgehead atoms. The van der Waals surface area contributed by atoms with Crippen molar-refractivity contribution in [1.82, 2.24) is 44.6 Å². The molecule has 1 saturated carbocycles. The molecule has 15 heteroatoms. The number of piperidine rings is 1. The molecule has 3 fully saturated rings. The molecule has 3 aromatic heterocycles. The predicted octanol–water partition coefficient (Wildman–Crippen LogP) is 8.58. The highest BCUT2D eigenvalue weighted by Crippen LogP contribution is 2.52. The summed E-state index contributed by atoms with van der Waals surface area (Å²) in [6.07, 6.45) is 9.51. The summed E-state index contributed by atoms with van der Waals surface area (Å²) in [5.74, 6) is 0.805. The number of halogens is 1. The fourth-order valence-electron chi connectivity index (χ4n) is 11.5. The first-order valence-electron chi connectivity index (χ1n) is 24.0. The molecule has 0 radical (unpaired) electrons. The van der Waals surface area contributed by atoms with Crippen molar-refractivity contribution in [3.05, 3.63) is 121 Å². The maximum atomic E-state index is 14.5. The van der Waals surface area contributed by atoms with Gasteiger partial charge in [0.15, 0.2) is 0 Å². The van der Waals surface area contributed by atoms with Crippen molar-refractivity contribution in [3.63, 3.8) is 0 Å². The number of aliphatic hydroxyl groups excluding tert-OH is 1. The van der Waals surface area contributed by atoms with Gasteiger partial charge in [-0.15, -0.1) is 16.4 Å². The molecule has 0 unspecified atom stereocenters. The van der Waals surface area contributed by atoms with Crippen LogP contribution in [-0.2, 0) is 21.4 Å². The summed E-state index contributed by atoms with van der Waals surface area (Å²) in [6, 6.07) is 19.3. The van der Waals surface area contributed by atoms with Gasteiger partial charge in [-0.1, -0.05) is 87.7 Å². The van der Waals surface area contributed by atoms with Gasteiger partial charge in [0.25, 0.3) is 5.56 Å². The normalized spacial score (nSPS) is 20.6. The lowest BCUT2D eigenvalue weighted by atomic mass is 9.69. The molecule has 4 aliphatic rings. The van der Waals surface area contributed by atoms with Gasteiger partial charge in [-0.25, -0.2) is 9.67 Å². The molecule has 6 aromatic rings. The summed E-state index contributed by atoms with van der Waals surface area (Å²) in [4.78, 5) is 56.3. The maximum Gasteiger partial charge on any atom is 0.281 e. The highest BCUT2D eigenvalue weighted by Gasteiger charge is 2.48. The SMILES string of the molecule is Cc1ncsc1-c1ccc([C@H](C)NC(=O)[C@@H]2C[C@@H](O)CN2C(=O)[C@@H](n2cc(CCN3CCC(c4ccc5c(c4)C4(CCCCC4)c4nc(=O)c6c(Br)cccc6n4-5)CC3)nn2)C(C)(C)C)cc1. The van der Waals surface area contributed by atoms with Crippen LogP contribution in [-0.4, -0.2) is 94.6 Å². The number of carbonyl (C=O) groups is 2. The van der Waals surface area contributed by atoms with Crippen molar-refractivity contribution in [2.45, 2.75) is 128 Å². The number of amides is 2. The van der Waals surface area contributed by atoms with Gasteiger partial charge in [0.1, 0.15) is 17.9 Å². The second-order valence-corrected chi connectivity index (χ2v) is 22.2. The largest absolute Gasteiger partial charge is 0.391 e. The van der Waals surface area contributed by atoms with E-state index in [-0.39, 0.29) is 41.8 Å². The van der Waals surface area contributed by atoms with E-state index in [1.54, 1.807) is 16.0 Å². The zero-order valence-electron chi connectivity index (χ0n) is 39.0. The molecule has 350 valence electrons. The van der Waals surface area contributed by atoms with Crippen molar-refractivity contribution in [2.24, 2.45) is 5.41 Å². The number of likely N-dealkylation sites (tertiary alicyclic amines) is 2. The molecular formula is C52H60BrN9O4S. The number of aryl methyl sites for hydroxylation is 1. The first-order chi connectivity index (χ1) is 32.2. The van der Waals surface area contributed by atoms with Gasteiger partial charge in [0, 0.05) is 36.6 Å². The summed E-state index contributed by atoms with van der Waals surface area (Å²) in [5.41, 5.74) is 9.49. The highest BCUT2D eigenvalue weighted by atomic mass is 79.9. The zero-order chi connectivity index (χ0) is 46.8. The molecule has 6 heterocycles. The number of β-amino-alcohol motifs (C(OH)–C–C–N with tert-alkyl or cyclic N) is 1. The van der Waals surface area contributed by atoms with Crippen LogP contribution in [0, 0.1) is 12.3 Å². The Labute approximate surface area is 404 Å². The molecule has 1 spiro atoms. The molecule has 13 nitrogen and oxygen atoms in total. The quantitative estimate of drug-likeness (QED) is 0.138. The molecular weight excluding hydrogens is 927 g/mol. The number of nitrogens with zero attached hydrogens (tertiary/aromatic N) is 8. The molecule has 4 atom stereocenters. The van der Waals surface area contributed by atoms with Crippen LogP contribution in [0.4, 0.5) is 0 Å². The van der Waals surface area contributed by atoms with E-state index < -0.39 is 23.6 Å². The molecule has 2 amide bonds. The van der Waals surface area contributed by atoms with Gasteiger partial charge in [0.2, 0.25) is 11.8 Å². The maximum absolute atomic E-state index is 14.5. The average molecular weight is 987 g/mol. The summed E-state index contributed by atoms with van der Waals surface area (Å²) >= 11 is 5.23. The lowest BCUT2D eigenvalue weighted by Gasteiger charge is -2.35. The average Bonchev–Trinajstić information content (AvgIpc) is 4.11. The number of hydrogen-bond donors (Lipinski definition) is 2. The van der Waals surface area contributed by atoms with Crippen LogP contribution in [0.25, 0.3) is 27.0 Å². The van der Waals surface area contributed by atoms with Crippen LogP contribution in [0.15, 0.2) is 81.6 Å². The third kappa shape index (κ3) is 8.48. The van der Waals surface area contributed by atoms with E-state index in [1.807, 2.05) is 82.7 Å².